The van der Waals surface area contributed by atoms with Crippen molar-refractivity contribution in [3.05, 3.63) is 35.2 Å². The number of benzene rings is 1. The van der Waals surface area contributed by atoms with Crippen molar-refractivity contribution in [3.8, 4) is 17.3 Å². The molecule has 0 fully saturated rings. The first-order valence-corrected chi connectivity index (χ1v) is 7.82. The van der Waals surface area contributed by atoms with Crippen LogP contribution in [0, 0.1) is 17.2 Å². The van der Waals surface area contributed by atoms with E-state index < -0.39 is 11.9 Å². The molecule has 1 aromatic heterocycles. The van der Waals surface area contributed by atoms with Crippen LogP contribution in [0.1, 0.15) is 24.6 Å². The molecule has 6 nitrogen and oxygen atoms in total. The summed E-state index contributed by atoms with van der Waals surface area (Å²) >= 11 is 1.10. The Labute approximate surface area is 137 Å². The number of nitriles is 1. The lowest BCUT2D eigenvalue weighted by atomic mass is 10.1. The molecule has 0 aliphatic carbocycles. The molecule has 2 aromatic rings. The predicted octanol–water partition coefficient (Wildman–Crippen LogP) is 3.12. The van der Waals surface area contributed by atoms with Crippen molar-refractivity contribution in [1.29, 1.82) is 5.26 Å². The van der Waals surface area contributed by atoms with Crippen molar-refractivity contribution >= 4 is 28.3 Å². The number of hydrogen-bond donors (Lipinski definition) is 2. The molecule has 2 N–H and O–H groups in total. The van der Waals surface area contributed by atoms with Crippen LogP contribution in [-0.2, 0) is 9.59 Å². The topological polar surface area (TPSA) is 103 Å². The number of carboxylic acids is 1. The van der Waals surface area contributed by atoms with Crippen molar-refractivity contribution in [1.82, 2.24) is 4.98 Å². The highest BCUT2D eigenvalue weighted by molar-refractivity contribution is 7.16. The van der Waals surface area contributed by atoms with E-state index in [1.807, 2.05) is 30.3 Å². The van der Waals surface area contributed by atoms with Gasteiger partial charge in [0.15, 0.2) is 5.13 Å². The van der Waals surface area contributed by atoms with Crippen LogP contribution in [0.4, 0.5) is 5.13 Å². The SMILES string of the molecule is C[C@H](CCC(=O)O)C(=O)Nc1nc(-c2ccccc2)c(C#N)s1. The van der Waals surface area contributed by atoms with E-state index in [2.05, 4.69) is 16.4 Å². The van der Waals surface area contributed by atoms with Crippen LogP contribution in [0.15, 0.2) is 30.3 Å². The Balaban J connectivity index is 2.13. The zero-order chi connectivity index (χ0) is 16.8. The maximum absolute atomic E-state index is 12.1. The maximum Gasteiger partial charge on any atom is 0.303 e. The molecule has 118 valence electrons. The molecule has 0 saturated carbocycles. The number of hydrogen-bond acceptors (Lipinski definition) is 5. The molecular formula is C16H15N3O3S. The monoisotopic (exact) mass is 329 g/mol. The first-order chi connectivity index (χ1) is 11.0. The average Bonchev–Trinajstić information content (AvgIpc) is 2.96. The lowest BCUT2D eigenvalue weighted by Gasteiger charge is -2.08. The van der Waals surface area contributed by atoms with Gasteiger partial charge in [0.1, 0.15) is 16.6 Å². The fourth-order valence-electron chi connectivity index (χ4n) is 1.94. The van der Waals surface area contributed by atoms with E-state index in [1.54, 1.807) is 6.92 Å². The predicted molar refractivity (Wildman–Crippen MR) is 86.9 cm³/mol. The fourth-order valence-corrected chi connectivity index (χ4v) is 2.73. The summed E-state index contributed by atoms with van der Waals surface area (Å²) in [7, 11) is 0. The summed E-state index contributed by atoms with van der Waals surface area (Å²) < 4.78 is 0. The number of nitrogens with one attached hydrogen (secondary N) is 1. The minimum Gasteiger partial charge on any atom is -0.481 e. The first kappa shape index (κ1) is 16.6. The number of rotatable bonds is 6. The Kier molecular flexibility index (Phi) is 5.44. The molecule has 2 rings (SSSR count). The van der Waals surface area contributed by atoms with E-state index in [0.717, 1.165) is 16.9 Å². The quantitative estimate of drug-likeness (QED) is 0.847. The van der Waals surface area contributed by atoms with Crippen molar-refractivity contribution < 1.29 is 14.7 Å². The van der Waals surface area contributed by atoms with Crippen molar-refractivity contribution in [3.63, 3.8) is 0 Å². The Morgan fingerprint density at radius 3 is 2.70 bits per heavy atom. The second kappa shape index (κ2) is 7.51. The maximum atomic E-state index is 12.1. The number of amides is 1. The van der Waals surface area contributed by atoms with Gasteiger partial charge in [0.25, 0.3) is 0 Å². The van der Waals surface area contributed by atoms with Gasteiger partial charge in [-0.05, 0) is 6.42 Å². The number of aliphatic carboxylic acids is 1. The Hall–Kier alpha value is -2.72. The Bertz CT molecular complexity index is 750. The molecule has 1 heterocycles. The normalized spacial score (nSPS) is 11.5. The number of carbonyl (C=O) groups is 2. The first-order valence-electron chi connectivity index (χ1n) is 7.00. The second-order valence-corrected chi connectivity index (χ2v) is 6.00. The highest BCUT2D eigenvalue weighted by atomic mass is 32.1. The summed E-state index contributed by atoms with van der Waals surface area (Å²) in [5.41, 5.74) is 1.34. The van der Waals surface area contributed by atoms with E-state index in [1.165, 1.54) is 0 Å². The third kappa shape index (κ3) is 4.37. The van der Waals surface area contributed by atoms with Crippen LogP contribution < -0.4 is 5.32 Å². The molecular weight excluding hydrogens is 314 g/mol. The fraction of sp³-hybridized carbons (Fsp3) is 0.250. The summed E-state index contributed by atoms with van der Waals surface area (Å²) in [6.45, 7) is 1.66. The van der Waals surface area contributed by atoms with Gasteiger partial charge in [0, 0.05) is 17.9 Å². The van der Waals surface area contributed by atoms with E-state index in [-0.39, 0.29) is 18.7 Å². The number of carbonyl (C=O) groups excluding carboxylic acids is 1. The molecule has 7 heteroatoms. The number of nitrogens with zero attached hydrogens (tertiary/aromatic N) is 2. The van der Waals surface area contributed by atoms with Gasteiger partial charge in [-0.25, -0.2) is 4.98 Å². The molecule has 0 radical (unpaired) electrons. The van der Waals surface area contributed by atoms with Gasteiger partial charge in [0.2, 0.25) is 5.91 Å². The molecule has 0 saturated heterocycles. The van der Waals surface area contributed by atoms with Gasteiger partial charge in [-0.15, -0.1) is 0 Å². The molecule has 0 spiro atoms. The van der Waals surface area contributed by atoms with Gasteiger partial charge in [-0.3, -0.25) is 9.59 Å². The average molecular weight is 329 g/mol. The minimum absolute atomic E-state index is 0.0643. The van der Waals surface area contributed by atoms with Crippen LogP contribution in [0.2, 0.25) is 0 Å². The summed E-state index contributed by atoms with van der Waals surface area (Å²) in [5, 5.41) is 20.9. The summed E-state index contributed by atoms with van der Waals surface area (Å²) in [6.07, 6.45) is 0.189. The van der Waals surface area contributed by atoms with Gasteiger partial charge in [-0.1, -0.05) is 48.6 Å². The number of aromatic nitrogens is 1. The van der Waals surface area contributed by atoms with Gasteiger partial charge in [0.05, 0.1) is 0 Å². The van der Waals surface area contributed by atoms with E-state index >= 15 is 0 Å². The largest absolute Gasteiger partial charge is 0.481 e. The minimum atomic E-state index is -0.933. The molecule has 0 unspecified atom stereocenters. The van der Waals surface area contributed by atoms with Crippen molar-refractivity contribution in [2.45, 2.75) is 19.8 Å². The van der Waals surface area contributed by atoms with Crippen LogP contribution in [0.25, 0.3) is 11.3 Å². The molecule has 0 bridgehead atoms. The summed E-state index contributed by atoms with van der Waals surface area (Å²) in [6, 6.07) is 11.3. The summed E-state index contributed by atoms with van der Waals surface area (Å²) in [5.74, 6) is -1.68. The van der Waals surface area contributed by atoms with Crippen molar-refractivity contribution in [2.24, 2.45) is 5.92 Å². The zero-order valence-corrected chi connectivity index (χ0v) is 13.3. The number of carboxylic acid groups (broad SMARTS) is 1. The van der Waals surface area contributed by atoms with Crippen LogP contribution in [-0.4, -0.2) is 22.0 Å². The second-order valence-electron chi connectivity index (χ2n) is 5.00. The van der Waals surface area contributed by atoms with E-state index in [0.29, 0.717) is 15.7 Å². The van der Waals surface area contributed by atoms with Crippen molar-refractivity contribution in [2.75, 3.05) is 5.32 Å². The standard InChI is InChI=1S/C16H15N3O3S/c1-10(7-8-13(20)21)15(22)19-16-18-14(12(9-17)23-16)11-5-3-2-4-6-11/h2-6,10H,7-8H2,1H3,(H,20,21)(H,18,19,22)/t10-/m1/s1. The van der Waals surface area contributed by atoms with Crippen LogP contribution in [0.3, 0.4) is 0 Å². The highest BCUT2D eigenvalue weighted by Gasteiger charge is 2.18. The van der Waals surface area contributed by atoms with Crippen LogP contribution in [0.5, 0.6) is 0 Å². The molecule has 1 atom stereocenters. The molecule has 0 aliphatic heterocycles. The van der Waals surface area contributed by atoms with E-state index in [4.69, 9.17) is 5.11 Å². The lowest BCUT2D eigenvalue weighted by Crippen LogP contribution is -2.21. The Morgan fingerprint density at radius 2 is 2.09 bits per heavy atom. The third-order valence-corrected chi connectivity index (χ3v) is 4.12. The molecule has 23 heavy (non-hydrogen) atoms. The van der Waals surface area contributed by atoms with Gasteiger partial charge in [-0.2, -0.15) is 5.26 Å². The van der Waals surface area contributed by atoms with E-state index in [9.17, 15) is 14.9 Å². The molecule has 0 aliphatic rings. The third-order valence-electron chi connectivity index (χ3n) is 3.24. The number of thiazole rings is 1. The Morgan fingerprint density at radius 1 is 1.39 bits per heavy atom. The smallest absolute Gasteiger partial charge is 0.303 e. The zero-order valence-electron chi connectivity index (χ0n) is 12.4. The highest BCUT2D eigenvalue weighted by Crippen LogP contribution is 2.30. The number of anilines is 1. The molecule has 1 aromatic carbocycles. The van der Waals surface area contributed by atoms with Crippen LogP contribution >= 0.6 is 11.3 Å². The van der Waals surface area contributed by atoms with Gasteiger partial charge >= 0.3 is 5.97 Å². The molecule has 1 amide bonds. The van der Waals surface area contributed by atoms with Gasteiger partial charge < -0.3 is 10.4 Å². The lowest BCUT2D eigenvalue weighted by molar-refractivity contribution is -0.137. The summed E-state index contributed by atoms with van der Waals surface area (Å²) in [4.78, 5) is 27.3.